The maximum atomic E-state index is 12.4. The average Bonchev–Trinajstić information content (AvgIpc) is 3.41. The van der Waals surface area contributed by atoms with E-state index in [9.17, 15) is 4.79 Å². The minimum absolute atomic E-state index is 0.136. The van der Waals surface area contributed by atoms with E-state index < -0.39 is 0 Å². The molecular formula is C24H20BrNO3S. The molecule has 0 aliphatic carbocycles. The van der Waals surface area contributed by atoms with Crippen molar-refractivity contribution in [3.8, 4) is 16.9 Å². The lowest BCUT2D eigenvalue weighted by molar-refractivity contribution is -0.116. The number of benzene rings is 2. The number of ether oxygens (including phenoxy) is 1. The van der Waals surface area contributed by atoms with Gasteiger partial charge in [-0.3, -0.25) is 4.79 Å². The molecular weight excluding hydrogens is 462 g/mol. The number of thiophene rings is 1. The molecule has 0 unspecified atom stereocenters. The SMILES string of the molecule is COc1cc2occ(-c3ccc(Br)cc3)c2cc1/C(C)=C/C(=O)NCc1cccs1. The molecule has 4 nitrogen and oxygen atoms in total. The van der Waals surface area contributed by atoms with E-state index in [1.54, 1.807) is 30.8 Å². The molecule has 4 rings (SSSR count). The van der Waals surface area contributed by atoms with Gasteiger partial charge in [-0.2, -0.15) is 0 Å². The molecule has 0 spiro atoms. The molecule has 0 radical (unpaired) electrons. The summed E-state index contributed by atoms with van der Waals surface area (Å²) in [7, 11) is 1.62. The molecule has 2 aromatic carbocycles. The summed E-state index contributed by atoms with van der Waals surface area (Å²) in [6.45, 7) is 2.43. The van der Waals surface area contributed by atoms with Gasteiger partial charge in [0, 0.05) is 38.0 Å². The minimum Gasteiger partial charge on any atom is -0.496 e. The van der Waals surface area contributed by atoms with Gasteiger partial charge in [-0.25, -0.2) is 0 Å². The Morgan fingerprint density at radius 1 is 1.23 bits per heavy atom. The third kappa shape index (κ3) is 4.35. The molecule has 0 aliphatic rings. The Morgan fingerprint density at radius 2 is 2.03 bits per heavy atom. The first-order valence-corrected chi connectivity index (χ1v) is 11.1. The lowest BCUT2D eigenvalue weighted by Gasteiger charge is -2.10. The molecule has 2 aromatic heterocycles. The number of carbonyl (C=O) groups excluding carboxylic acids is 1. The van der Waals surface area contributed by atoms with Crippen LogP contribution in [0.3, 0.4) is 0 Å². The number of rotatable bonds is 6. The van der Waals surface area contributed by atoms with Gasteiger partial charge in [0.15, 0.2) is 0 Å². The molecule has 152 valence electrons. The van der Waals surface area contributed by atoms with Crippen molar-refractivity contribution in [3.63, 3.8) is 0 Å². The maximum Gasteiger partial charge on any atom is 0.244 e. The van der Waals surface area contributed by atoms with Crippen molar-refractivity contribution >= 4 is 49.7 Å². The lowest BCUT2D eigenvalue weighted by atomic mass is 9.99. The van der Waals surface area contributed by atoms with Crippen LogP contribution in [0.1, 0.15) is 17.4 Å². The van der Waals surface area contributed by atoms with E-state index in [4.69, 9.17) is 9.15 Å². The highest BCUT2D eigenvalue weighted by molar-refractivity contribution is 9.10. The molecule has 1 amide bonds. The Balaban J connectivity index is 1.67. The van der Waals surface area contributed by atoms with Crippen LogP contribution >= 0.6 is 27.3 Å². The van der Waals surface area contributed by atoms with Gasteiger partial charge < -0.3 is 14.5 Å². The Kier molecular flexibility index (Phi) is 6.06. The van der Waals surface area contributed by atoms with Crippen LogP contribution in [0, 0.1) is 0 Å². The molecule has 0 atom stereocenters. The number of carbonyl (C=O) groups is 1. The van der Waals surface area contributed by atoms with Gasteiger partial charge in [-0.15, -0.1) is 11.3 Å². The molecule has 1 N–H and O–H groups in total. The summed E-state index contributed by atoms with van der Waals surface area (Å²) in [6.07, 6.45) is 3.36. The van der Waals surface area contributed by atoms with Crippen LogP contribution in [0.5, 0.6) is 5.75 Å². The lowest BCUT2D eigenvalue weighted by Crippen LogP contribution is -2.20. The molecule has 0 aliphatic heterocycles. The van der Waals surface area contributed by atoms with Crippen molar-refractivity contribution in [2.75, 3.05) is 7.11 Å². The topological polar surface area (TPSA) is 51.5 Å². The summed E-state index contributed by atoms with van der Waals surface area (Å²) in [4.78, 5) is 13.5. The van der Waals surface area contributed by atoms with Gasteiger partial charge in [0.2, 0.25) is 5.91 Å². The molecule has 0 bridgehead atoms. The van der Waals surface area contributed by atoms with E-state index in [1.807, 2.05) is 60.8 Å². The van der Waals surface area contributed by atoms with Crippen LogP contribution < -0.4 is 10.1 Å². The number of hydrogen-bond donors (Lipinski definition) is 1. The summed E-state index contributed by atoms with van der Waals surface area (Å²) < 4.78 is 12.4. The van der Waals surface area contributed by atoms with E-state index in [0.717, 1.165) is 42.6 Å². The van der Waals surface area contributed by atoms with Gasteiger partial charge in [-0.05, 0) is 47.7 Å². The van der Waals surface area contributed by atoms with Crippen molar-refractivity contribution in [2.45, 2.75) is 13.5 Å². The van der Waals surface area contributed by atoms with Crippen LogP contribution in [0.25, 0.3) is 27.7 Å². The third-order valence-electron chi connectivity index (χ3n) is 4.84. The van der Waals surface area contributed by atoms with Crippen molar-refractivity contribution in [3.05, 3.63) is 81.2 Å². The normalized spacial score (nSPS) is 11.6. The summed E-state index contributed by atoms with van der Waals surface area (Å²) in [5.74, 6) is 0.530. The van der Waals surface area contributed by atoms with Gasteiger partial charge in [0.05, 0.1) is 19.9 Å². The van der Waals surface area contributed by atoms with Crippen molar-refractivity contribution in [1.29, 1.82) is 0 Å². The summed E-state index contributed by atoms with van der Waals surface area (Å²) >= 11 is 5.09. The van der Waals surface area contributed by atoms with Crippen LogP contribution in [0.4, 0.5) is 0 Å². The quantitative estimate of drug-likeness (QED) is 0.313. The fourth-order valence-electron chi connectivity index (χ4n) is 3.30. The predicted molar refractivity (Wildman–Crippen MR) is 126 cm³/mol. The van der Waals surface area contributed by atoms with Crippen molar-refractivity contribution in [2.24, 2.45) is 0 Å². The molecule has 0 saturated heterocycles. The van der Waals surface area contributed by atoms with Gasteiger partial charge in [0.1, 0.15) is 11.3 Å². The van der Waals surface area contributed by atoms with E-state index >= 15 is 0 Å². The molecule has 4 aromatic rings. The molecule has 30 heavy (non-hydrogen) atoms. The zero-order chi connectivity index (χ0) is 21.1. The fourth-order valence-corrected chi connectivity index (χ4v) is 4.21. The number of hydrogen-bond acceptors (Lipinski definition) is 4. The third-order valence-corrected chi connectivity index (χ3v) is 6.25. The highest BCUT2D eigenvalue weighted by Gasteiger charge is 2.15. The minimum atomic E-state index is -0.136. The molecule has 6 heteroatoms. The number of allylic oxidation sites excluding steroid dienone is 1. The fraction of sp³-hybridized carbons (Fsp3) is 0.125. The number of amides is 1. The van der Waals surface area contributed by atoms with Gasteiger partial charge >= 0.3 is 0 Å². The zero-order valence-corrected chi connectivity index (χ0v) is 19.0. The average molecular weight is 482 g/mol. The summed E-state index contributed by atoms with van der Waals surface area (Å²) in [5, 5.41) is 5.90. The van der Waals surface area contributed by atoms with Crippen LogP contribution in [0.2, 0.25) is 0 Å². The Hall–Kier alpha value is -2.83. The van der Waals surface area contributed by atoms with Crippen molar-refractivity contribution in [1.82, 2.24) is 5.32 Å². The van der Waals surface area contributed by atoms with E-state index in [1.165, 1.54) is 0 Å². The summed E-state index contributed by atoms with van der Waals surface area (Å²) in [5.41, 5.74) is 4.47. The predicted octanol–water partition coefficient (Wildman–Crippen LogP) is 6.65. The van der Waals surface area contributed by atoms with Gasteiger partial charge in [-0.1, -0.05) is 34.1 Å². The zero-order valence-electron chi connectivity index (χ0n) is 16.6. The largest absolute Gasteiger partial charge is 0.496 e. The first kappa shape index (κ1) is 20.4. The Morgan fingerprint density at radius 3 is 2.73 bits per heavy atom. The second-order valence-electron chi connectivity index (χ2n) is 6.83. The van der Waals surface area contributed by atoms with Gasteiger partial charge in [0.25, 0.3) is 0 Å². The maximum absolute atomic E-state index is 12.4. The van der Waals surface area contributed by atoms with Crippen LogP contribution in [-0.4, -0.2) is 13.0 Å². The Labute approximate surface area is 187 Å². The molecule has 0 saturated carbocycles. The standard InChI is InChI=1S/C24H20BrNO3S/c1-15(10-24(27)26-13-18-4-3-9-30-18)19-11-20-21(16-5-7-17(25)8-6-16)14-29-23(20)12-22(19)28-2/h3-12,14H,13H2,1-2H3,(H,26,27)/b15-10+. The Bertz CT molecular complexity index is 1210. The number of methoxy groups -OCH3 is 1. The number of halogens is 1. The van der Waals surface area contributed by atoms with E-state index in [0.29, 0.717) is 12.3 Å². The molecule has 2 heterocycles. The van der Waals surface area contributed by atoms with E-state index in [2.05, 4.69) is 21.2 Å². The van der Waals surface area contributed by atoms with Crippen molar-refractivity contribution < 1.29 is 13.9 Å². The van der Waals surface area contributed by atoms with E-state index in [-0.39, 0.29) is 5.91 Å². The number of furan rings is 1. The number of fused-ring (bicyclic) bond motifs is 1. The molecule has 0 fully saturated rings. The number of nitrogens with one attached hydrogen (secondary N) is 1. The second kappa shape index (κ2) is 8.90. The summed E-state index contributed by atoms with van der Waals surface area (Å²) in [6, 6.07) is 15.9. The first-order chi connectivity index (χ1) is 14.5. The monoisotopic (exact) mass is 481 g/mol. The second-order valence-corrected chi connectivity index (χ2v) is 8.78. The van der Waals surface area contributed by atoms with Crippen LogP contribution in [0.15, 0.2) is 75.1 Å². The first-order valence-electron chi connectivity index (χ1n) is 9.39. The highest BCUT2D eigenvalue weighted by Crippen LogP contribution is 2.37. The smallest absolute Gasteiger partial charge is 0.244 e. The highest BCUT2D eigenvalue weighted by atomic mass is 79.9. The van der Waals surface area contributed by atoms with Crippen LogP contribution in [-0.2, 0) is 11.3 Å².